The summed E-state index contributed by atoms with van der Waals surface area (Å²) < 4.78 is 5.25. The van der Waals surface area contributed by atoms with Gasteiger partial charge in [-0.3, -0.25) is 0 Å². The van der Waals surface area contributed by atoms with E-state index in [4.69, 9.17) is 33.5 Å². The zero-order valence-corrected chi connectivity index (χ0v) is 12.5. The number of hydrogen-bond donors (Lipinski definition) is 1. The molecule has 0 aliphatic heterocycles. The normalized spacial score (nSPS) is 10.8. The average Bonchev–Trinajstić information content (AvgIpc) is 2.91. The molecule has 3 rings (SSSR count). The molecule has 0 bridgehead atoms. The first-order valence-electron chi connectivity index (χ1n) is 6.07. The van der Waals surface area contributed by atoms with Gasteiger partial charge in [0.15, 0.2) is 0 Å². The predicted molar refractivity (Wildman–Crippen MR) is 82.1 cm³/mol. The quantitative estimate of drug-likeness (QED) is 0.722. The maximum Gasteiger partial charge on any atom is 0.260 e. The van der Waals surface area contributed by atoms with E-state index >= 15 is 0 Å². The van der Waals surface area contributed by atoms with Crippen LogP contribution in [-0.4, -0.2) is 15.1 Å². The molecule has 0 aliphatic carbocycles. The Bertz CT molecular complexity index is 816. The van der Waals surface area contributed by atoms with Crippen molar-refractivity contribution in [2.24, 2.45) is 0 Å². The number of nitrogen functional groups attached to an aromatic ring is 1. The van der Waals surface area contributed by atoms with Crippen LogP contribution in [0.5, 0.6) is 0 Å². The summed E-state index contributed by atoms with van der Waals surface area (Å²) in [4.78, 5) is 8.41. The van der Waals surface area contributed by atoms with Crippen LogP contribution in [0.3, 0.4) is 0 Å². The molecule has 0 unspecified atom stereocenters. The summed E-state index contributed by atoms with van der Waals surface area (Å²) in [6.07, 6.45) is 1.47. The second kappa shape index (κ2) is 5.35. The van der Waals surface area contributed by atoms with Crippen LogP contribution >= 0.6 is 23.2 Å². The van der Waals surface area contributed by atoms with E-state index in [9.17, 15) is 0 Å². The van der Waals surface area contributed by atoms with Crippen LogP contribution in [0.15, 0.2) is 35.0 Å². The highest BCUT2D eigenvalue weighted by Gasteiger charge is 2.16. The van der Waals surface area contributed by atoms with E-state index in [2.05, 4.69) is 15.1 Å². The molecular formula is C14H10Cl2N4O. The molecule has 7 heteroatoms. The molecule has 2 aromatic heterocycles. The van der Waals surface area contributed by atoms with Gasteiger partial charge in [0.2, 0.25) is 5.82 Å². The molecule has 0 saturated carbocycles. The highest BCUT2D eigenvalue weighted by atomic mass is 35.5. The summed E-state index contributed by atoms with van der Waals surface area (Å²) in [6, 6.07) is 7.17. The van der Waals surface area contributed by atoms with Crippen LogP contribution in [0, 0.1) is 6.92 Å². The molecule has 0 atom stereocenters. The fourth-order valence-corrected chi connectivity index (χ4v) is 2.34. The van der Waals surface area contributed by atoms with Gasteiger partial charge >= 0.3 is 0 Å². The van der Waals surface area contributed by atoms with E-state index in [0.29, 0.717) is 32.9 Å². The average molecular weight is 321 g/mol. The largest absolute Gasteiger partial charge is 0.398 e. The van der Waals surface area contributed by atoms with Crippen molar-refractivity contribution in [3.63, 3.8) is 0 Å². The Morgan fingerprint density at radius 1 is 1.24 bits per heavy atom. The van der Waals surface area contributed by atoms with Crippen LogP contribution in [0.1, 0.15) is 5.56 Å². The predicted octanol–water partition coefficient (Wildman–Crippen LogP) is 4.00. The Kier molecular flexibility index (Phi) is 3.53. The summed E-state index contributed by atoms with van der Waals surface area (Å²) in [5, 5.41) is 4.69. The van der Waals surface area contributed by atoms with Crippen molar-refractivity contribution in [2.45, 2.75) is 6.92 Å². The molecular weight excluding hydrogens is 311 g/mol. The molecule has 3 aromatic rings. The van der Waals surface area contributed by atoms with Gasteiger partial charge in [0.25, 0.3) is 5.89 Å². The van der Waals surface area contributed by atoms with E-state index in [1.54, 1.807) is 6.07 Å². The maximum atomic E-state index is 6.08. The molecule has 0 fully saturated rings. The van der Waals surface area contributed by atoms with Crippen molar-refractivity contribution in [1.82, 2.24) is 15.1 Å². The van der Waals surface area contributed by atoms with Crippen molar-refractivity contribution >= 4 is 28.9 Å². The first-order valence-corrected chi connectivity index (χ1v) is 6.82. The minimum Gasteiger partial charge on any atom is -0.398 e. The lowest BCUT2D eigenvalue weighted by Gasteiger charge is -2.03. The smallest absolute Gasteiger partial charge is 0.260 e. The molecule has 0 saturated heterocycles. The fourth-order valence-electron chi connectivity index (χ4n) is 1.88. The summed E-state index contributed by atoms with van der Waals surface area (Å²) in [6.45, 7) is 1.91. The Balaban J connectivity index is 2.06. The highest BCUT2D eigenvalue weighted by molar-refractivity contribution is 6.35. The van der Waals surface area contributed by atoms with Crippen LogP contribution in [0.4, 0.5) is 5.69 Å². The van der Waals surface area contributed by atoms with E-state index in [1.807, 2.05) is 25.1 Å². The number of nitrogens with two attached hydrogens (primary N) is 1. The Hall–Kier alpha value is -2.11. The van der Waals surface area contributed by atoms with Crippen LogP contribution in [0.25, 0.3) is 23.0 Å². The van der Waals surface area contributed by atoms with E-state index in [0.717, 1.165) is 5.56 Å². The van der Waals surface area contributed by atoms with Crippen LogP contribution in [0.2, 0.25) is 10.0 Å². The summed E-state index contributed by atoms with van der Waals surface area (Å²) in [5.74, 6) is 0.603. The van der Waals surface area contributed by atoms with Gasteiger partial charge < -0.3 is 10.3 Å². The monoisotopic (exact) mass is 320 g/mol. The second-order valence-corrected chi connectivity index (χ2v) is 5.29. The van der Waals surface area contributed by atoms with Crippen LogP contribution in [-0.2, 0) is 0 Å². The van der Waals surface area contributed by atoms with Crippen molar-refractivity contribution < 1.29 is 4.52 Å². The third-order valence-electron chi connectivity index (χ3n) is 3.00. The number of halogens is 2. The summed E-state index contributed by atoms with van der Waals surface area (Å²) >= 11 is 11.9. The molecule has 2 heterocycles. The molecule has 106 valence electrons. The number of rotatable bonds is 2. The molecule has 5 nitrogen and oxygen atoms in total. The topological polar surface area (TPSA) is 77.8 Å². The van der Waals surface area contributed by atoms with Crippen LogP contribution < -0.4 is 5.73 Å². The van der Waals surface area contributed by atoms with Gasteiger partial charge in [-0.2, -0.15) is 4.98 Å². The summed E-state index contributed by atoms with van der Waals surface area (Å²) in [7, 11) is 0. The van der Waals surface area contributed by atoms with Gasteiger partial charge in [0.05, 0.1) is 15.6 Å². The third-order valence-corrected chi connectivity index (χ3v) is 3.49. The SMILES string of the molecule is Cc1cccc(-c2nc(-c3ncc(Cl)cc3Cl)no2)c1N. The van der Waals surface area contributed by atoms with Gasteiger partial charge in [-0.1, -0.05) is 40.5 Å². The van der Waals surface area contributed by atoms with Gasteiger partial charge in [0.1, 0.15) is 5.69 Å². The van der Waals surface area contributed by atoms with Crippen molar-refractivity contribution in [2.75, 3.05) is 5.73 Å². The lowest BCUT2D eigenvalue weighted by molar-refractivity contribution is 0.432. The van der Waals surface area contributed by atoms with E-state index < -0.39 is 0 Å². The van der Waals surface area contributed by atoms with Gasteiger partial charge in [-0.25, -0.2) is 4.98 Å². The fraction of sp³-hybridized carbons (Fsp3) is 0.0714. The number of hydrogen-bond acceptors (Lipinski definition) is 5. The van der Waals surface area contributed by atoms with Crippen molar-refractivity contribution in [3.05, 3.63) is 46.1 Å². The molecule has 0 radical (unpaired) electrons. The first kappa shape index (κ1) is 13.9. The van der Waals surface area contributed by atoms with Crippen molar-refractivity contribution in [3.8, 4) is 23.0 Å². The standard InChI is InChI=1S/C14H10Cl2N4O/c1-7-3-2-4-9(11(7)17)14-19-13(20-21-14)12-10(16)5-8(15)6-18-12/h2-6H,17H2,1H3. The molecule has 1 aromatic carbocycles. The second-order valence-electron chi connectivity index (χ2n) is 4.44. The van der Waals surface area contributed by atoms with E-state index in [1.165, 1.54) is 6.20 Å². The Labute approximate surface area is 130 Å². The molecule has 2 N–H and O–H groups in total. The molecule has 0 aliphatic rings. The first-order chi connectivity index (χ1) is 10.1. The lowest BCUT2D eigenvalue weighted by atomic mass is 10.1. The highest BCUT2D eigenvalue weighted by Crippen LogP contribution is 2.30. The zero-order chi connectivity index (χ0) is 15.0. The number of nitrogens with zero attached hydrogens (tertiary/aromatic N) is 3. The number of benzene rings is 1. The van der Waals surface area contributed by atoms with Gasteiger partial charge in [-0.05, 0) is 24.6 Å². The third kappa shape index (κ3) is 2.57. The number of pyridine rings is 1. The maximum absolute atomic E-state index is 6.08. The Morgan fingerprint density at radius 2 is 2.05 bits per heavy atom. The number of anilines is 1. The molecule has 0 spiro atoms. The van der Waals surface area contributed by atoms with Gasteiger partial charge in [-0.15, -0.1) is 0 Å². The van der Waals surface area contributed by atoms with E-state index in [-0.39, 0.29) is 5.82 Å². The molecule has 0 amide bonds. The summed E-state index contributed by atoms with van der Waals surface area (Å²) in [5.41, 5.74) is 8.65. The number of aryl methyl sites for hydroxylation is 1. The lowest BCUT2D eigenvalue weighted by Crippen LogP contribution is -1.93. The van der Waals surface area contributed by atoms with Crippen molar-refractivity contribution in [1.29, 1.82) is 0 Å². The van der Waals surface area contributed by atoms with Gasteiger partial charge in [0, 0.05) is 11.9 Å². The minimum absolute atomic E-state index is 0.285. The number of para-hydroxylation sites is 1. The Morgan fingerprint density at radius 3 is 2.81 bits per heavy atom. The molecule has 21 heavy (non-hydrogen) atoms. The number of aromatic nitrogens is 3. The zero-order valence-electron chi connectivity index (χ0n) is 11.0. The minimum atomic E-state index is 0.285.